The molecule has 1 saturated heterocycles. The van der Waals surface area contributed by atoms with Crippen molar-refractivity contribution < 1.29 is 9.59 Å². The first-order valence-electron chi connectivity index (χ1n) is 6.50. The zero-order valence-electron chi connectivity index (χ0n) is 11.4. The van der Waals surface area contributed by atoms with E-state index in [0.717, 1.165) is 18.8 Å². The normalized spacial score (nSPS) is 15.4. The Balaban J connectivity index is 0.00000200. The number of nitrogens with one attached hydrogen (secondary N) is 3. The van der Waals surface area contributed by atoms with Gasteiger partial charge in [0, 0.05) is 11.6 Å². The molecule has 0 spiro atoms. The number of para-hydroxylation sites is 1. The fourth-order valence-corrected chi connectivity index (χ4v) is 1.93. The highest BCUT2D eigenvalue weighted by Gasteiger charge is 2.28. The van der Waals surface area contributed by atoms with Crippen LogP contribution in [0, 0.1) is 11.8 Å². The Labute approximate surface area is 124 Å². The lowest BCUT2D eigenvalue weighted by Crippen LogP contribution is -2.50. The Kier molecular flexibility index (Phi) is 6.48. The lowest BCUT2D eigenvalue weighted by atomic mass is 9.88. The van der Waals surface area contributed by atoms with Crippen LogP contribution in [0.4, 0.5) is 5.69 Å². The summed E-state index contributed by atoms with van der Waals surface area (Å²) in [6.07, 6.45) is 0. The summed E-state index contributed by atoms with van der Waals surface area (Å²) in [5.74, 6) is 0.0659. The number of carbonyl (C=O) groups excluding carboxylic acids is 2. The van der Waals surface area contributed by atoms with Crippen LogP contribution < -0.4 is 16.0 Å². The molecular formula is C14H20ClN3O2. The highest BCUT2D eigenvalue weighted by molar-refractivity contribution is 5.94. The van der Waals surface area contributed by atoms with Gasteiger partial charge in [0.15, 0.2) is 0 Å². The molecule has 110 valence electrons. The minimum atomic E-state index is -0.210. The van der Waals surface area contributed by atoms with Crippen molar-refractivity contribution in [3.8, 4) is 0 Å². The van der Waals surface area contributed by atoms with Crippen molar-refractivity contribution in [1.29, 1.82) is 0 Å². The molecule has 1 heterocycles. The molecule has 6 heteroatoms. The van der Waals surface area contributed by atoms with Crippen molar-refractivity contribution in [3.05, 3.63) is 30.3 Å². The van der Waals surface area contributed by atoms with E-state index in [1.54, 1.807) is 0 Å². The summed E-state index contributed by atoms with van der Waals surface area (Å²) in [6, 6.07) is 9.19. The zero-order chi connectivity index (χ0) is 13.7. The van der Waals surface area contributed by atoms with Gasteiger partial charge in [-0.3, -0.25) is 9.59 Å². The molecule has 1 atom stereocenters. The molecule has 20 heavy (non-hydrogen) atoms. The van der Waals surface area contributed by atoms with Crippen molar-refractivity contribution >= 4 is 29.9 Å². The van der Waals surface area contributed by atoms with Crippen LogP contribution in [0.5, 0.6) is 0 Å². The van der Waals surface area contributed by atoms with E-state index in [0.29, 0.717) is 5.92 Å². The largest absolute Gasteiger partial charge is 0.347 e. The minimum absolute atomic E-state index is 0. The van der Waals surface area contributed by atoms with Gasteiger partial charge in [-0.05, 0) is 31.1 Å². The molecule has 2 amide bonds. The van der Waals surface area contributed by atoms with E-state index in [1.807, 2.05) is 37.3 Å². The number of benzene rings is 1. The molecule has 1 aromatic carbocycles. The first-order chi connectivity index (χ1) is 9.16. The minimum Gasteiger partial charge on any atom is -0.347 e. The molecule has 0 aliphatic carbocycles. The molecule has 1 aliphatic heterocycles. The van der Waals surface area contributed by atoms with Crippen LogP contribution in [0.2, 0.25) is 0 Å². The molecule has 0 saturated carbocycles. The number of anilines is 1. The number of hydrogen-bond acceptors (Lipinski definition) is 3. The van der Waals surface area contributed by atoms with Crippen LogP contribution in [-0.4, -0.2) is 31.4 Å². The third-order valence-corrected chi connectivity index (χ3v) is 3.41. The molecule has 0 aromatic heterocycles. The second-order valence-electron chi connectivity index (χ2n) is 4.84. The monoisotopic (exact) mass is 297 g/mol. The highest BCUT2D eigenvalue weighted by Crippen LogP contribution is 2.15. The van der Waals surface area contributed by atoms with Gasteiger partial charge in [-0.25, -0.2) is 0 Å². The first kappa shape index (κ1) is 16.5. The predicted molar refractivity (Wildman–Crippen MR) is 80.9 cm³/mol. The standard InChI is InChI=1S/C14H19N3O2.ClH/c1-10(11-7-15-8-11)14(19)16-9-13(18)17-12-5-3-2-4-6-12;/h2-6,10-11,15H,7-9H2,1H3,(H,16,19)(H,17,18);1H. The number of hydrogen-bond donors (Lipinski definition) is 3. The van der Waals surface area contributed by atoms with Crippen molar-refractivity contribution in [1.82, 2.24) is 10.6 Å². The SMILES string of the molecule is CC(C(=O)NCC(=O)Nc1ccccc1)C1CNC1.Cl. The lowest BCUT2D eigenvalue weighted by Gasteiger charge is -2.31. The van der Waals surface area contributed by atoms with Crippen LogP contribution in [0.25, 0.3) is 0 Å². The lowest BCUT2D eigenvalue weighted by molar-refractivity contribution is -0.128. The summed E-state index contributed by atoms with van der Waals surface area (Å²) in [4.78, 5) is 23.5. The Bertz CT molecular complexity index is 449. The Morgan fingerprint density at radius 1 is 1.30 bits per heavy atom. The van der Waals surface area contributed by atoms with Crippen molar-refractivity contribution in [3.63, 3.8) is 0 Å². The van der Waals surface area contributed by atoms with Gasteiger partial charge in [0.05, 0.1) is 6.54 Å². The predicted octanol–water partition coefficient (Wildman–Crippen LogP) is 1.02. The smallest absolute Gasteiger partial charge is 0.243 e. The number of carbonyl (C=O) groups is 2. The Morgan fingerprint density at radius 2 is 1.95 bits per heavy atom. The summed E-state index contributed by atoms with van der Waals surface area (Å²) < 4.78 is 0. The van der Waals surface area contributed by atoms with E-state index < -0.39 is 0 Å². The number of amides is 2. The maximum atomic E-state index is 11.8. The average Bonchev–Trinajstić information content (AvgIpc) is 2.35. The average molecular weight is 298 g/mol. The van der Waals surface area contributed by atoms with Crippen molar-refractivity contribution in [2.24, 2.45) is 11.8 Å². The third kappa shape index (κ3) is 4.51. The van der Waals surface area contributed by atoms with Gasteiger partial charge in [0.25, 0.3) is 0 Å². The molecule has 0 bridgehead atoms. The fraction of sp³-hybridized carbons (Fsp3) is 0.429. The highest BCUT2D eigenvalue weighted by atomic mass is 35.5. The molecule has 1 aromatic rings. The van der Waals surface area contributed by atoms with Gasteiger partial charge in [-0.15, -0.1) is 12.4 Å². The van der Waals surface area contributed by atoms with Crippen molar-refractivity contribution in [2.75, 3.05) is 25.0 Å². The van der Waals surface area contributed by atoms with Gasteiger partial charge in [0.2, 0.25) is 11.8 Å². The first-order valence-corrected chi connectivity index (χ1v) is 6.50. The summed E-state index contributed by atoms with van der Waals surface area (Å²) in [6.45, 7) is 3.67. The van der Waals surface area contributed by atoms with Gasteiger partial charge in [-0.2, -0.15) is 0 Å². The number of halogens is 1. The quantitative estimate of drug-likeness (QED) is 0.760. The topological polar surface area (TPSA) is 70.2 Å². The van der Waals surface area contributed by atoms with Crippen molar-refractivity contribution in [2.45, 2.75) is 6.92 Å². The summed E-state index contributed by atoms with van der Waals surface area (Å²) in [5.41, 5.74) is 0.734. The Morgan fingerprint density at radius 3 is 2.50 bits per heavy atom. The molecule has 5 nitrogen and oxygen atoms in total. The summed E-state index contributed by atoms with van der Waals surface area (Å²) in [7, 11) is 0. The van der Waals surface area contributed by atoms with Gasteiger partial charge < -0.3 is 16.0 Å². The number of rotatable bonds is 5. The van der Waals surface area contributed by atoms with Gasteiger partial charge in [0.1, 0.15) is 0 Å². The van der Waals surface area contributed by atoms with E-state index in [1.165, 1.54) is 0 Å². The fourth-order valence-electron chi connectivity index (χ4n) is 1.93. The maximum Gasteiger partial charge on any atom is 0.243 e. The van der Waals surface area contributed by atoms with E-state index in [2.05, 4.69) is 16.0 Å². The molecule has 1 fully saturated rings. The van der Waals surface area contributed by atoms with E-state index in [9.17, 15) is 9.59 Å². The van der Waals surface area contributed by atoms with Gasteiger partial charge in [-0.1, -0.05) is 25.1 Å². The molecule has 1 unspecified atom stereocenters. The van der Waals surface area contributed by atoms with Crippen LogP contribution >= 0.6 is 12.4 Å². The molecule has 2 rings (SSSR count). The van der Waals surface area contributed by atoms with E-state index >= 15 is 0 Å². The van der Waals surface area contributed by atoms with E-state index in [-0.39, 0.29) is 36.7 Å². The Hall–Kier alpha value is -1.59. The summed E-state index contributed by atoms with van der Waals surface area (Å²) in [5, 5.41) is 8.54. The van der Waals surface area contributed by atoms with Gasteiger partial charge >= 0.3 is 0 Å². The zero-order valence-corrected chi connectivity index (χ0v) is 12.2. The second kappa shape index (κ2) is 7.87. The third-order valence-electron chi connectivity index (χ3n) is 3.41. The van der Waals surface area contributed by atoms with Crippen LogP contribution in [0.1, 0.15) is 6.92 Å². The second-order valence-corrected chi connectivity index (χ2v) is 4.84. The molecular weight excluding hydrogens is 278 g/mol. The van der Waals surface area contributed by atoms with E-state index in [4.69, 9.17) is 0 Å². The van der Waals surface area contributed by atoms with Crippen LogP contribution in [-0.2, 0) is 9.59 Å². The molecule has 1 aliphatic rings. The molecule has 0 radical (unpaired) electrons. The summed E-state index contributed by atoms with van der Waals surface area (Å²) >= 11 is 0. The molecule has 3 N–H and O–H groups in total. The van der Waals surface area contributed by atoms with Crippen LogP contribution in [0.15, 0.2) is 30.3 Å². The van der Waals surface area contributed by atoms with Crippen LogP contribution in [0.3, 0.4) is 0 Å². The maximum absolute atomic E-state index is 11.8.